The third-order valence-corrected chi connectivity index (χ3v) is 8.04. The van der Waals surface area contributed by atoms with Gasteiger partial charge in [0.1, 0.15) is 11.8 Å². The highest BCUT2D eigenvalue weighted by Gasteiger charge is 2.28. The summed E-state index contributed by atoms with van der Waals surface area (Å²) in [5.41, 5.74) is 0.884. The van der Waals surface area contributed by atoms with Crippen LogP contribution in [0.3, 0.4) is 0 Å². The molecule has 1 aliphatic heterocycles. The molecule has 1 heterocycles. The number of nitrogens with zero attached hydrogens (tertiary/aromatic N) is 2. The van der Waals surface area contributed by atoms with Gasteiger partial charge in [-0.05, 0) is 50.1 Å². The second kappa shape index (κ2) is 14.8. The van der Waals surface area contributed by atoms with Crippen molar-refractivity contribution in [1.82, 2.24) is 14.5 Å². The van der Waals surface area contributed by atoms with E-state index in [9.17, 15) is 18.0 Å². The van der Waals surface area contributed by atoms with Gasteiger partial charge in [-0.25, -0.2) is 8.42 Å². The number of hydrogen-bond acceptors (Lipinski definition) is 7. The Balaban J connectivity index is 1.62. The van der Waals surface area contributed by atoms with Crippen LogP contribution in [0.5, 0.6) is 5.75 Å². The van der Waals surface area contributed by atoms with Crippen LogP contribution < -0.4 is 10.1 Å². The van der Waals surface area contributed by atoms with Crippen LogP contribution in [0.25, 0.3) is 0 Å². The Bertz CT molecular complexity index is 1120. The molecule has 1 aliphatic rings. The van der Waals surface area contributed by atoms with Crippen LogP contribution in [0.1, 0.15) is 25.8 Å². The second-order valence-electron chi connectivity index (χ2n) is 8.80. The monoisotopic (exact) mass is 547 g/mol. The van der Waals surface area contributed by atoms with Crippen LogP contribution >= 0.6 is 0 Å². The van der Waals surface area contributed by atoms with Crippen molar-refractivity contribution < 1.29 is 32.2 Å². The van der Waals surface area contributed by atoms with E-state index in [4.69, 9.17) is 14.2 Å². The highest BCUT2D eigenvalue weighted by Crippen LogP contribution is 2.21. The first kappa shape index (κ1) is 29.6. The summed E-state index contributed by atoms with van der Waals surface area (Å²) in [6, 6.07) is 14.7. The number of morpholine rings is 1. The Morgan fingerprint density at radius 1 is 1.08 bits per heavy atom. The number of carbonyl (C=O) groups is 2. The van der Waals surface area contributed by atoms with Crippen molar-refractivity contribution in [2.45, 2.75) is 37.8 Å². The number of ether oxygens (including phenoxy) is 3. The van der Waals surface area contributed by atoms with Gasteiger partial charge in [0.2, 0.25) is 15.9 Å². The van der Waals surface area contributed by atoms with Crippen LogP contribution in [-0.2, 0) is 35.6 Å². The van der Waals surface area contributed by atoms with Crippen LogP contribution in [0.2, 0.25) is 0 Å². The number of nitrogens with one attached hydrogen (secondary N) is 1. The number of rotatable bonds is 14. The van der Waals surface area contributed by atoms with Gasteiger partial charge in [-0.15, -0.1) is 0 Å². The molecule has 208 valence electrons. The van der Waals surface area contributed by atoms with E-state index in [1.165, 1.54) is 33.5 Å². The van der Waals surface area contributed by atoms with Gasteiger partial charge < -0.3 is 24.4 Å². The van der Waals surface area contributed by atoms with E-state index < -0.39 is 16.1 Å². The molecule has 10 nitrogen and oxygen atoms in total. The molecule has 1 saturated heterocycles. The predicted octanol–water partition coefficient (Wildman–Crippen LogP) is 2.05. The first-order valence-electron chi connectivity index (χ1n) is 12.8. The van der Waals surface area contributed by atoms with Gasteiger partial charge in [0.05, 0.1) is 18.1 Å². The Hall–Kier alpha value is -2.99. The minimum atomic E-state index is -3.62. The Labute approximate surface area is 224 Å². The molecule has 38 heavy (non-hydrogen) atoms. The standard InChI is InChI=1S/C27H37N3O7S/c1-3-35-17-7-14-28-27(32)22(2)30(20-23-8-5-4-6-9-23)26(31)21-37-24-10-12-25(13-11-24)38(33,34)29-15-18-36-19-16-29/h4-6,8-13,22H,3,7,14-21H2,1-2H3,(H,28,32)/t22-/m0/s1. The summed E-state index contributed by atoms with van der Waals surface area (Å²) in [7, 11) is -3.62. The maximum atomic E-state index is 13.2. The van der Waals surface area contributed by atoms with Crippen LogP contribution in [-0.4, -0.2) is 88.1 Å². The lowest BCUT2D eigenvalue weighted by Gasteiger charge is -2.29. The topological polar surface area (TPSA) is 114 Å². The molecule has 3 rings (SSSR count). The predicted molar refractivity (Wildman–Crippen MR) is 142 cm³/mol. The molecule has 11 heteroatoms. The lowest BCUT2D eigenvalue weighted by Crippen LogP contribution is -2.49. The first-order valence-corrected chi connectivity index (χ1v) is 14.3. The average Bonchev–Trinajstić information content (AvgIpc) is 2.95. The lowest BCUT2D eigenvalue weighted by atomic mass is 10.1. The van der Waals surface area contributed by atoms with Gasteiger partial charge in [0.15, 0.2) is 6.61 Å². The first-order chi connectivity index (χ1) is 18.3. The Morgan fingerprint density at radius 3 is 2.42 bits per heavy atom. The molecule has 2 aromatic rings. The molecular weight excluding hydrogens is 510 g/mol. The fourth-order valence-electron chi connectivity index (χ4n) is 3.91. The van der Waals surface area contributed by atoms with Gasteiger partial charge in [0.25, 0.3) is 5.91 Å². The summed E-state index contributed by atoms with van der Waals surface area (Å²) >= 11 is 0. The third-order valence-electron chi connectivity index (χ3n) is 6.13. The van der Waals surface area contributed by atoms with Gasteiger partial charge >= 0.3 is 0 Å². The molecule has 0 radical (unpaired) electrons. The molecule has 0 aromatic heterocycles. The zero-order valence-corrected chi connectivity index (χ0v) is 22.8. The molecular formula is C27H37N3O7S. The maximum Gasteiger partial charge on any atom is 0.261 e. The van der Waals surface area contributed by atoms with Crippen molar-refractivity contribution in [3.05, 3.63) is 60.2 Å². The van der Waals surface area contributed by atoms with E-state index in [-0.39, 0.29) is 29.9 Å². The number of carbonyl (C=O) groups excluding carboxylic acids is 2. The van der Waals surface area contributed by atoms with Gasteiger partial charge in [-0.3, -0.25) is 9.59 Å². The van der Waals surface area contributed by atoms with Crippen molar-refractivity contribution in [1.29, 1.82) is 0 Å². The number of amides is 2. The highest BCUT2D eigenvalue weighted by atomic mass is 32.2. The van der Waals surface area contributed by atoms with E-state index in [0.29, 0.717) is 58.2 Å². The van der Waals surface area contributed by atoms with Crippen LogP contribution in [0, 0.1) is 0 Å². The molecule has 0 unspecified atom stereocenters. The van der Waals surface area contributed by atoms with Crippen molar-refractivity contribution in [3.63, 3.8) is 0 Å². The minimum absolute atomic E-state index is 0.151. The van der Waals surface area contributed by atoms with Crippen molar-refractivity contribution >= 4 is 21.8 Å². The number of sulfonamides is 1. The average molecular weight is 548 g/mol. The van der Waals surface area contributed by atoms with E-state index in [0.717, 1.165) is 5.56 Å². The molecule has 1 N–H and O–H groups in total. The van der Waals surface area contributed by atoms with Crippen LogP contribution in [0.4, 0.5) is 0 Å². The summed E-state index contributed by atoms with van der Waals surface area (Å²) in [5, 5.41) is 2.86. The molecule has 1 fully saturated rings. The molecule has 0 spiro atoms. The lowest BCUT2D eigenvalue weighted by molar-refractivity contribution is -0.142. The summed E-state index contributed by atoms with van der Waals surface area (Å²) in [6.45, 7) is 6.52. The smallest absolute Gasteiger partial charge is 0.261 e. The van der Waals surface area contributed by atoms with Gasteiger partial charge in [-0.2, -0.15) is 4.31 Å². The Kier molecular flexibility index (Phi) is 11.5. The number of hydrogen-bond donors (Lipinski definition) is 1. The molecule has 2 amide bonds. The van der Waals surface area contributed by atoms with Crippen molar-refractivity contribution in [2.24, 2.45) is 0 Å². The second-order valence-corrected chi connectivity index (χ2v) is 10.7. The normalized spacial score (nSPS) is 15.0. The fraction of sp³-hybridized carbons (Fsp3) is 0.481. The molecule has 2 aromatic carbocycles. The van der Waals surface area contributed by atoms with E-state index in [1.54, 1.807) is 6.92 Å². The van der Waals surface area contributed by atoms with Gasteiger partial charge in [-0.1, -0.05) is 30.3 Å². The molecule has 0 saturated carbocycles. The minimum Gasteiger partial charge on any atom is -0.484 e. The summed E-state index contributed by atoms with van der Waals surface area (Å²) < 4.78 is 43.2. The zero-order chi connectivity index (χ0) is 27.4. The van der Waals surface area contributed by atoms with Crippen molar-refractivity contribution in [3.8, 4) is 5.75 Å². The van der Waals surface area contributed by atoms with E-state index in [1.807, 2.05) is 37.3 Å². The maximum absolute atomic E-state index is 13.2. The van der Waals surface area contributed by atoms with E-state index >= 15 is 0 Å². The summed E-state index contributed by atoms with van der Waals surface area (Å²) in [5.74, 6) is -0.272. The Morgan fingerprint density at radius 2 is 1.76 bits per heavy atom. The van der Waals surface area contributed by atoms with Crippen molar-refractivity contribution in [2.75, 3.05) is 52.7 Å². The largest absolute Gasteiger partial charge is 0.484 e. The summed E-state index contributed by atoms with van der Waals surface area (Å²) in [6.07, 6.45) is 0.680. The van der Waals surface area contributed by atoms with Crippen LogP contribution in [0.15, 0.2) is 59.5 Å². The third kappa shape index (κ3) is 8.52. The quantitative estimate of drug-likeness (QED) is 0.360. The fourth-order valence-corrected chi connectivity index (χ4v) is 5.32. The summed E-state index contributed by atoms with van der Waals surface area (Å²) in [4.78, 5) is 27.6. The molecule has 1 atom stereocenters. The molecule has 0 bridgehead atoms. The van der Waals surface area contributed by atoms with Gasteiger partial charge in [0, 0.05) is 39.4 Å². The SMILES string of the molecule is CCOCCCNC(=O)[C@H](C)N(Cc1ccccc1)C(=O)COc1ccc(S(=O)(=O)N2CCOCC2)cc1. The van der Waals surface area contributed by atoms with E-state index in [2.05, 4.69) is 5.32 Å². The molecule has 0 aliphatic carbocycles. The number of benzene rings is 2. The zero-order valence-electron chi connectivity index (χ0n) is 22.0. The highest BCUT2D eigenvalue weighted by molar-refractivity contribution is 7.89.